The Hall–Kier alpha value is -1.60. The van der Waals surface area contributed by atoms with E-state index in [2.05, 4.69) is 0 Å². The fraction of sp³-hybridized carbons (Fsp3) is 0.500. The zero-order valence-corrected chi connectivity index (χ0v) is 12.6. The quantitative estimate of drug-likeness (QED) is 0.521. The second-order valence-electron chi connectivity index (χ2n) is 5.23. The number of rotatable bonds is 4. The molecule has 0 aliphatic heterocycles. The third-order valence-corrected chi connectivity index (χ3v) is 4.96. The minimum atomic E-state index is -0.911. The number of nitrogens with zero attached hydrogens (tertiary/aromatic N) is 1. The molecular formula is C14H18N2O4S. The number of hydrogen-bond donors (Lipinski definition) is 1. The van der Waals surface area contributed by atoms with E-state index < -0.39 is 10.5 Å². The van der Waals surface area contributed by atoms with Gasteiger partial charge >= 0.3 is 5.97 Å². The van der Waals surface area contributed by atoms with E-state index in [-0.39, 0.29) is 16.9 Å². The summed E-state index contributed by atoms with van der Waals surface area (Å²) in [4.78, 5) is 22.9. The molecule has 0 bridgehead atoms. The van der Waals surface area contributed by atoms with E-state index in [0.29, 0.717) is 12.8 Å². The van der Waals surface area contributed by atoms with Gasteiger partial charge < -0.3 is 10.5 Å². The molecule has 0 amide bonds. The molecule has 2 unspecified atom stereocenters. The number of thioether (sulfide) groups is 1. The lowest BCUT2D eigenvalue weighted by atomic mass is 9.82. The van der Waals surface area contributed by atoms with E-state index in [1.54, 1.807) is 23.9 Å². The Labute approximate surface area is 127 Å². The molecule has 0 heterocycles. The van der Waals surface area contributed by atoms with Crippen LogP contribution in [0, 0.1) is 10.1 Å². The predicted molar refractivity (Wildman–Crippen MR) is 80.1 cm³/mol. The number of benzene rings is 1. The lowest BCUT2D eigenvalue weighted by Crippen LogP contribution is -2.52. The second kappa shape index (κ2) is 6.44. The van der Waals surface area contributed by atoms with Crippen molar-refractivity contribution in [3.8, 4) is 0 Å². The van der Waals surface area contributed by atoms with Gasteiger partial charge in [-0.1, -0.05) is 0 Å². The second-order valence-corrected chi connectivity index (χ2v) is 6.61. The number of methoxy groups -OCH3 is 1. The fourth-order valence-corrected chi connectivity index (χ4v) is 3.93. The fourth-order valence-electron chi connectivity index (χ4n) is 2.58. The zero-order valence-electron chi connectivity index (χ0n) is 11.8. The molecule has 114 valence electrons. The van der Waals surface area contributed by atoms with Gasteiger partial charge in [0.25, 0.3) is 5.69 Å². The molecule has 1 aromatic rings. The van der Waals surface area contributed by atoms with Gasteiger partial charge in [0.2, 0.25) is 0 Å². The number of hydrogen-bond acceptors (Lipinski definition) is 6. The Balaban J connectivity index is 2.02. The van der Waals surface area contributed by atoms with Crippen molar-refractivity contribution in [3.63, 3.8) is 0 Å². The van der Waals surface area contributed by atoms with Crippen molar-refractivity contribution in [3.05, 3.63) is 34.4 Å². The van der Waals surface area contributed by atoms with Crippen LogP contribution in [-0.2, 0) is 9.53 Å². The molecule has 1 aromatic carbocycles. The summed E-state index contributed by atoms with van der Waals surface area (Å²) in [5, 5.41) is 10.8. The van der Waals surface area contributed by atoms with Gasteiger partial charge in [-0.25, -0.2) is 0 Å². The van der Waals surface area contributed by atoms with Crippen molar-refractivity contribution in [1.29, 1.82) is 0 Å². The molecule has 0 radical (unpaired) electrons. The van der Waals surface area contributed by atoms with Crippen molar-refractivity contribution in [2.24, 2.45) is 5.73 Å². The van der Waals surface area contributed by atoms with E-state index in [4.69, 9.17) is 10.5 Å². The van der Waals surface area contributed by atoms with Gasteiger partial charge in [-0.05, 0) is 37.8 Å². The highest BCUT2D eigenvalue weighted by Crippen LogP contribution is 2.38. The number of carbonyl (C=O) groups excluding carboxylic acids is 1. The molecule has 1 saturated carbocycles. The molecule has 2 N–H and O–H groups in total. The summed E-state index contributed by atoms with van der Waals surface area (Å²) in [6.07, 6.45) is 3.03. The first-order valence-corrected chi connectivity index (χ1v) is 7.61. The summed E-state index contributed by atoms with van der Waals surface area (Å²) < 4.78 is 4.79. The van der Waals surface area contributed by atoms with Crippen molar-refractivity contribution in [2.75, 3.05) is 7.11 Å². The topological polar surface area (TPSA) is 95.5 Å². The first kappa shape index (κ1) is 15.8. The van der Waals surface area contributed by atoms with Gasteiger partial charge in [-0.2, -0.15) is 0 Å². The highest BCUT2D eigenvalue weighted by atomic mass is 32.2. The molecule has 7 heteroatoms. The van der Waals surface area contributed by atoms with E-state index in [9.17, 15) is 14.9 Å². The number of ether oxygens (including phenoxy) is 1. The van der Waals surface area contributed by atoms with Gasteiger partial charge in [0.1, 0.15) is 5.54 Å². The number of nitro benzene ring substituents is 1. The number of nitrogens with two attached hydrogens (primary N) is 1. The summed E-state index contributed by atoms with van der Waals surface area (Å²) in [6.45, 7) is 0. The van der Waals surface area contributed by atoms with Crippen LogP contribution in [0.25, 0.3) is 0 Å². The van der Waals surface area contributed by atoms with E-state index in [1.807, 2.05) is 0 Å². The average Bonchev–Trinajstić information content (AvgIpc) is 2.47. The number of esters is 1. The molecule has 6 nitrogen and oxygen atoms in total. The largest absolute Gasteiger partial charge is 0.468 e. The highest BCUT2D eigenvalue weighted by molar-refractivity contribution is 8.00. The summed E-state index contributed by atoms with van der Waals surface area (Å²) >= 11 is 1.60. The van der Waals surface area contributed by atoms with Crippen LogP contribution in [0.4, 0.5) is 5.69 Å². The molecule has 2 rings (SSSR count). The minimum Gasteiger partial charge on any atom is -0.468 e. The highest BCUT2D eigenvalue weighted by Gasteiger charge is 2.40. The molecule has 1 fully saturated rings. The molecular weight excluding hydrogens is 292 g/mol. The maximum Gasteiger partial charge on any atom is 0.325 e. The summed E-state index contributed by atoms with van der Waals surface area (Å²) in [7, 11) is 1.35. The molecule has 0 saturated heterocycles. The normalized spacial score (nSPS) is 25.3. The van der Waals surface area contributed by atoms with Gasteiger partial charge in [0.15, 0.2) is 0 Å². The van der Waals surface area contributed by atoms with E-state index in [0.717, 1.165) is 17.7 Å². The summed E-state index contributed by atoms with van der Waals surface area (Å²) in [5.41, 5.74) is 5.31. The van der Waals surface area contributed by atoms with Crippen molar-refractivity contribution < 1.29 is 14.5 Å². The van der Waals surface area contributed by atoms with Gasteiger partial charge in [-0.15, -0.1) is 11.8 Å². The lowest BCUT2D eigenvalue weighted by molar-refractivity contribution is -0.384. The van der Waals surface area contributed by atoms with Crippen molar-refractivity contribution in [2.45, 2.75) is 41.4 Å². The summed E-state index contributed by atoms with van der Waals surface area (Å²) in [5.74, 6) is -0.364. The van der Waals surface area contributed by atoms with Crippen LogP contribution in [0.3, 0.4) is 0 Å². The molecule has 0 aromatic heterocycles. The van der Waals surface area contributed by atoms with Gasteiger partial charge in [0, 0.05) is 22.3 Å². The molecule has 1 aliphatic carbocycles. The van der Waals surface area contributed by atoms with Crippen molar-refractivity contribution in [1.82, 2.24) is 0 Å². The smallest absolute Gasteiger partial charge is 0.325 e. The number of carbonyl (C=O) groups is 1. The van der Waals surface area contributed by atoms with Crippen LogP contribution in [0.2, 0.25) is 0 Å². The Morgan fingerprint density at radius 3 is 2.71 bits per heavy atom. The molecule has 0 spiro atoms. The Kier molecular flexibility index (Phi) is 4.84. The van der Waals surface area contributed by atoms with Crippen LogP contribution in [0.15, 0.2) is 29.2 Å². The maximum atomic E-state index is 11.8. The standard InChI is InChI=1S/C14H18N2O4S/c1-20-13(17)14(15)8-2-3-12(9-14)21-11-6-4-10(5-7-11)16(18)19/h4-7,12H,2-3,8-9,15H2,1H3. The number of non-ortho nitro benzene ring substituents is 1. The zero-order chi connectivity index (χ0) is 15.5. The van der Waals surface area contributed by atoms with Crippen LogP contribution >= 0.6 is 11.8 Å². The van der Waals surface area contributed by atoms with E-state index in [1.165, 1.54) is 19.2 Å². The SMILES string of the molecule is COC(=O)C1(N)CCCC(Sc2ccc([N+](=O)[O-])cc2)C1. The van der Waals surface area contributed by atoms with Crippen LogP contribution < -0.4 is 5.73 Å². The lowest BCUT2D eigenvalue weighted by Gasteiger charge is -2.35. The predicted octanol–water partition coefficient (Wildman–Crippen LogP) is 2.50. The molecule has 1 aliphatic rings. The monoisotopic (exact) mass is 310 g/mol. The Bertz CT molecular complexity index is 534. The maximum absolute atomic E-state index is 11.8. The number of nitro groups is 1. The van der Waals surface area contributed by atoms with Gasteiger partial charge in [-0.3, -0.25) is 14.9 Å². The minimum absolute atomic E-state index is 0.0747. The Morgan fingerprint density at radius 1 is 1.48 bits per heavy atom. The summed E-state index contributed by atoms with van der Waals surface area (Å²) in [6, 6.07) is 6.43. The van der Waals surface area contributed by atoms with Crippen LogP contribution in [0.1, 0.15) is 25.7 Å². The molecule has 21 heavy (non-hydrogen) atoms. The Morgan fingerprint density at radius 2 is 2.14 bits per heavy atom. The first-order chi connectivity index (χ1) is 9.94. The third kappa shape index (κ3) is 3.74. The third-order valence-electron chi connectivity index (χ3n) is 3.68. The van der Waals surface area contributed by atoms with E-state index >= 15 is 0 Å². The first-order valence-electron chi connectivity index (χ1n) is 6.73. The molecule has 2 atom stereocenters. The van der Waals surface area contributed by atoms with Crippen LogP contribution in [-0.4, -0.2) is 28.8 Å². The van der Waals surface area contributed by atoms with Gasteiger partial charge in [0.05, 0.1) is 12.0 Å². The van der Waals surface area contributed by atoms with Crippen LogP contribution in [0.5, 0.6) is 0 Å². The average molecular weight is 310 g/mol. The van der Waals surface area contributed by atoms with Crippen molar-refractivity contribution >= 4 is 23.4 Å².